The largest absolute Gasteiger partial charge is 0.335 e. The van der Waals surface area contributed by atoms with Gasteiger partial charge in [0.15, 0.2) is 0 Å². The number of thiophene rings is 1. The van der Waals surface area contributed by atoms with Gasteiger partial charge in [-0.05, 0) is 41.6 Å². The Morgan fingerprint density at radius 1 is 0.833 bits per heavy atom. The van der Waals surface area contributed by atoms with Gasteiger partial charge in [-0.15, -0.1) is 11.3 Å². The zero-order chi connectivity index (χ0) is 24.5. The van der Waals surface area contributed by atoms with Gasteiger partial charge in [0.25, 0.3) is 5.91 Å². The van der Waals surface area contributed by atoms with Crippen LogP contribution in [0.3, 0.4) is 0 Å². The van der Waals surface area contributed by atoms with E-state index in [1.807, 2.05) is 28.5 Å². The molecular formula is C30H28N4OS. The molecule has 2 aromatic carbocycles. The van der Waals surface area contributed by atoms with E-state index in [4.69, 9.17) is 4.98 Å². The van der Waals surface area contributed by atoms with Crippen LogP contribution in [0.25, 0.3) is 28.0 Å². The third kappa shape index (κ3) is 4.45. The molecule has 0 N–H and O–H groups in total. The van der Waals surface area contributed by atoms with E-state index in [0.29, 0.717) is 0 Å². The maximum Gasteiger partial charge on any atom is 0.264 e. The van der Waals surface area contributed by atoms with Crippen LogP contribution in [-0.2, 0) is 6.54 Å². The Bertz CT molecular complexity index is 1480. The average molecular weight is 493 g/mol. The van der Waals surface area contributed by atoms with Gasteiger partial charge in [0.1, 0.15) is 5.65 Å². The first-order valence-electron chi connectivity index (χ1n) is 12.3. The monoisotopic (exact) mass is 492 g/mol. The summed E-state index contributed by atoms with van der Waals surface area (Å²) >= 11 is 1.51. The number of imidazole rings is 1. The molecule has 6 heteroatoms. The number of aryl methyl sites for hydroxylation is 1. The standard InChI is InChI=1S/C30H28N4OS/c1-22-9-11-24(12-10-22)29-26(21-32-15-17-33(18-16-32)30(35)27-8-5-19-36-27)34-20-25(13-14-28(34)31-29)23-6-3-2-4-7-23/h2-14,19-20H,15-18,21H2,1H3. The minimum absolute atomic E-state index is 0.146. The molecule has 1 saturated heterocycles. The zero-order valence-corrected chi connectivity index (χ0v) is 21.1. The predicted molar refractivity (Wildman–Crippen MR) is 146 cm³/mol. The van der Waals surface area contributed by atoms with Crippen molar-refractivity contribution in [2.45, 2.75) is 13.5 Å². The van der Waals surface area contributed by atoms with Crippen LogP contribution in [-0.4, -0.2) is 51.3 Å². The summed E-state index contributed by atoms with van der Waals surface area (Å²) in [5.74, 6) is 0.146. The Hall–Kier alpha value is -3.74. The van der Waals surface area contributed by atoms with Crippen LogP contribution in [0.4, 0.5) is 0 Å². The van der Waals surface area contributed by atoms with E-state index in [-0.39, 0.29) is 5.91 Å². The Kier molecular flexibility index (Phi) is 6.13. The fraction of sp³-hybridized carbons (Fsp3) is 0.200. The van der Waals surface area contributed by atoms with Crippen LogP contribution in [0.2, 0.25) is 0 Å². The van der Waals surface area contributed by atoms with E-state index in [1.54, 1.807) is 0 Å². The minimum Gasteiger partial charge on any atom is -0.335 e. The lowest BCUT2D eigenvalue weighted by molar-refractivity contribution is 0.0631. The molecule has 36 heavy (non-hydrogen) atoms. The number of piperazine rings is 1. The lowest BCUT2D eigenvalue weighted by Crippen LogP contribution is -2.48. The molecule has 5 nitrogen and oxygen atoms in total. The summed E-state index contributed by atoms with van der Waals surface area (Å²) in [6, 6.07) is 27.2. The van der Waals surface area contributed by atoms with E-state index < -0.39 is 0 Å². The van der Waals surface area contributed by atoms with Crippen LogP contribution in [0.5, 0.6) is 0 Å². The summed E-state index contributed by atoms with van der Waals surface area (Å²) < 4.78 is 2.25. The highest BCUT2D eigenvalue weighted by atomic mass is 32.1. The molecule has 1 amide bonds. The summed E-state index contributed by atoms with van der Waals surface area (Å²) in [5.41, 5.74) is 7.89. The maximum atomic E-state index is 12.8. The quantitative estimate of drug-likeness (QED) is 0.302. The number of nitrogens with zero attached hydrogens (tertiary/aromatic N) is 4. The molecule has 0 atom stereocenters. The highest BCUT2D eigenvalue weighted by Crippen LogP contribution is 2.29. The number of amides is 1. The number of fused-ring (bicyclic) bond motifs is 1. The van der Waals surface area contributed by atoms with Crippen LogP contribution >= 0.6 is 11.3 Å². The summed E-state index contributed by atoms with van der Waals surface area (Å²) in [6.45, 7) is 6.05. The smallest absolute Gasteiger partial charge is 0.264 e. The van der Waals surface area contributed by atoms with Crippen molar-refractivity contribution < 1.29 is 4.79 Å². The lowest BCUT2D eigenvalue weighted by atomic mass is 10.1. The molecule has 0 spiro atoms. The molecule has 5 aromatic rings. The molecule has 1 fully saturated rings. The van der Waals surface area contributed by atoms with Gasteiger partial charge in [0.05, 0.1) is 16.3 Å². The molecule has 0 bridgehead atoms. The Morgan fingerprint density at radius 3 is 2.31 bits per heavy atom. The number of hydrogen-bond acceptors (Lipinski definition) is 4. The van der Waals surface area contributed by atoms with E-state index in [1.165, 1.54) is 33.7 Å². The van der Waals surface area contributed by atoms with Gasteiger partial charge >= 0.3 is 0 Å². The second kappa shape index (κ2) is 9.72. The third-order valence-electron chi connectivity index (χ3n) is 6.91. The SMILES string of the molecule is Cc1ccc(-c2nc3ccc(-c4ccccc4)cn3c2CN2CCN(C(=O)c3cccs3)CC2)cc1. The van der Waals surface area contributed by atoms with Crippen molar-refractivity contribution >= 4 is 22.9 Å². The molecule has 4 heterocycles. The van der Waals surface area contributed by atoms with Crippen molar-refractivity contribution in [2.75, 3.05) is 26.2 Å². The van der Waals surface area contributed by atoms with Gasteiger partial charge in [0.2, 0.25) is 0 Å². The van der Waals surface area contributed by atoms with Crippen molar-refractivity contribution in [2.24, 2.45) is 0 Å². The van der Waals surface area contributed by atoms with Crippen molar-refractivity contribution in [3.05, 3.63) is 107 Å². The van der Waals surface area contributed by atoms with Crippen molar-refractivity contribution in [3.63, 3.8) is 0 Å². The molecule has 180 valence electrons. The second-order valence-corrected chi connectivity index (χ2v) is 10.3. The number of carbonyl (C=O) groups is 1. The number of pyridine rings is 1. The van der Waals surface area contributed by atoms with Crippen molar-refractivity contribution in [1.82, 2.24) is 19.2 Å². The molecule has 1 aliphatic rings. The van der Waals surface area contributed by atoms with Gasteiger partial charge in [-0.3, -0.25) is 9.69 Å². The van der Waals surface area contributed by atoms with Crippen molar-refractivity contribution in [3.8, 4) is 22.4 Å². The molecule has 0 radical (unpaired) electrons. The molecule has 3 aromatic heterocycles. The lowest BCUT2D eigenvalue weighted by Gasteiger charge is -2.34. The van der Waals surface area contributed by atoms with E-state index in [0.717, 1.165) is 54.5 Å². The maximum absolute atomic E-state index is 12.8. The Morgan fingerprint density at radius 2 is 1.58 bits per heavy atom. The first kappa shape index (κ1) is 22.7. The summed E-state index contributed by atoms with van der Waals surface area (Å²) in [4.78, 5) is 23.1. The molecular weight excluding hydrogens is 464 g/mol. The van der Waals surface area contributed by atoms with Gasteiger partial charge in [0, 0.05) is 44.5 Å². The van der Waals surface area contributed by atoms with Crippen molar-refractivity contribution in [1.29, 1.82) is 0 Å². The van der Waals surface area contributed by atoms with Gasteiger partial charge in [-0.25, -0.2) is 4.98 Å². The minimum atomic E-state index is 0.146. The molecule has 0 saturated carbocycles. The first-order chi connectivity index (χ1) is 17.7. The normalized spacial score (nSPS) is 14.4. The highest BCUT2D eigenvalue weighted by molar-refractivity contribution is 7.12. The van der Waals surface area contributed by atoms with Crippen LogP contribution < -0.4 is 0 Å². The fourth-order valence-corrected chi connectivity index (χ4v) is 5.56. The summed E-state index contributed by atoms with van der Waals surface area (Å²) in [5, 5.41) is 1.96. The van der Waals surface area contributed by atoms with E-state index in [2.05, 4.69) is 83.1 Å². The zero-order valence-electron chi connectivity index (χ0n) is 20.3. The number of benzene rings is 2. The fourth-order valence-electron chi connectivity index (χ4n) is 4.87. The molecule has 0 aliphatic carbocycles. The molecule has 1 aliphatic heterocycles. The van der Waals surface area contributed by atoms with Crippen LogP contribution in [0, 0.1) is 6.92 Å². The predicted octanol–water partition coefficient (Wildman–Crippen LogP) is 6.00. The number of carbonyl (C=O) groups excluding carboxylic acids is 1. The molecule has 0 unspecified atom stereocenters. The average Bonchev–Trinajstić information content (AvgIpc) is 3.58. The van der Waals surface area contributed by atoms with Crippen LogP contribution in [0.1, 0.15) is 20.9 Å². The van der Waals surface area contributed by atoms with Gasteiger partial charge < -0.3 is 9.30 Å². The Balaban J connectivity index is 1.32. The summed E-state index contributed by atoms with van der Waals surface area (Å²) in [6.07, 6.45) is 2.21. The topological polar surface area (TPSA) is 40.9 Å². The molecule has 6 rings (SSSR count). The van der Waals surface area contributed by atoms with E-state index >= 15 is 0 Å². The van der Waals surface area contributed by atoms with E-state index in [9.17, 15) is 4.79 Å². The van der Waals surface area contributed by atoms with Crippen LogP contribution in [0.15, 0.2) is 90.4 Å². The third-order valence-corrected chi connectivity index (χ3v) is 7.77. The summed E-state index contributed by atoms with van der Waals surface area (Å²) in [7, 11) is 0. The first-order valence-corrected chi connectivity index (χ1v) is 13.2. The highest BCUT2D eigenvalue weighted by Gasteiger charge is 2.25. The van der Waals surface area contributed by atoms with Gasteiger partial charge in [-0.1, -0.05) is 66.2 Å². The number of rotatable bonds is 5. The van der Waals surface area contributed by atoms with Gasteiger partial charge in [-0.2, -0.15) is 0 Å². The number of aromatic nitrogens is 2. The second-order valence-electron chi connectivity index (χ2n) is 9.33. The Labute approximate surface area is 215 Å². The number of hydrogen-bond donors (Lipinski definition) is 0.